The number of carbonyl (C=O) groups is 1. The van der Waals surface area contributed by atoms with E-state index in [0.29, 0.717) is 5.56 Å². The van der Waals surface area contributed by atoms with Gasteiger partial charge in [-0.2, -0.15) is 8.42 Å². The summed E-state index contributed by atoms with van der Waals surface area (Å²) in [5, 5.41) is 8.62. The molecule has 0 fully saturated rings. The van der Waals surface area contributed by atoms with Gasteiger partial charge in [0, 0.05) is 0 Å². The molecule has 5 nitrogen and oxygen atoms in total. The fourth-order valence-corrected chi connectivity index (χ4v) is 1.63. The quantitative estimate of drug-likeness (QED) is 0.572. The van der Waals surface area contributed by atoms with E-state index in [1.807, 2.05) is 0 Å². The topological polar surface area (TPSA) is 91.7 Å². The van der Waals surface area contributed by atoms with Crippen LogP contribution in [0.3, 0.4) is 0 Å². The van der Waals surface area contributed by atoms with Gasteiger partial charge in [-0.15, -0.1) is 0 Å². The molecule has 0 radical (unpaired) electrons. The van der Waals surface area contributed by atoms with Crippen molar-refractivity contribution in [2.75, 3.05) is 0 Å². The Morgan fingerprint density at radius 2 is 1.80 bits per heavy atom. The van der Waals surface area contributed by atoms with Crippen molar-refractivity contribution in [3.8, 4) is 0 Å². The fraction of sp³-hybridized carbons (Fsp3) is 0.125. The van der Waals surface area contributed by atoms with Gasteiger partial charge in [0.25, 0.3) is 10.1 Å². The molecule has 0 heterocycles. The summed E-state index contributed by atoms with van der Waals surface area (Å²) in [4.78, 5) is 10.1. The zero-order chi connectivity index (χ0) is 10.9. The Balaban J connectivity index is 0.00000196. The van der Waals surface area contributed by atoms with E-state index in [4.69, 9.17) is 9.66 Å². The Hall–Kier alpha value is -0.400. The number of aryl methyl sites for hydroxylation is 1. The average Bonchev–Trinajstić information content (AvgIpc) is 2.01. The van der Waals surface area contributed by atoms with Gasteiger partial charge < -0.3 is 5.11 Å². The number of hydrogen-bond acceptors (Lipinski definition) is 3. The van der Waals surface area contributed by atoms with Gasteiger partial charge in [0.15, 0.2) is 0 Å². The second-order valence-corrected chi connectivity index (χ2v) is 4.24. The maximum atomic E-state index is 10.7. The monoisotopic (exact) mass is 240 g/mol. The van der Waals surface area contributed by atoms with Crippen molar-refractivity contribution in [3.05, 3.63) is 29.3 Å². The summed E-state index contributed by atoms with van der Waals surface area (Å²) >= 11 is 0. The van der Waals surface area contributed by atoms with Crippen LogP contribution in [0.2, 0.25) is 0 Å². The molecule has 0 saturated carbocycles. The van der Waals surface area contributed by atoms with Crippen LogP contribution in [0.1, 0.15) is 15.9 Å². The van der Waals surface area contributed by atoms with E-state index in [1.54, 1.807) is 6.92 Å². The molecule has 0 bridgehead atoms. The molecule has 2 N–H and O–H groups in total. The van der Waals surface area contributed by atoms with Crippen LogP contribution in [0, 0.1) is 6.92 Å². The van der Waals surface area contributed by atoms with E-state index in [-0.39, 0.29) is 35.1 Å². The predicted molar refractivity (Wildman–Crippen MR) is 55.1 cm³/mol. The van der Waals surface area contributed by atoms with Crippen LogP contribution < -0.4 is 0 Å². The van der Waals surface area contributed by atoms with Crippen LogP contribution in [0.5, 0.6) is 0 Å². The fourth-order valence-electron chi connectivity index (χ4n) is 1.02. The van der Waals surface area contributed by atoms with Crippen LogP contribution in [0.15, 0.2) is 23.1 Å². The van der Waals surface area contributed by atoms with E-state index in [2.05, 4.69) is 0 Å². The number of carboxylic acid groups (broad SMARTS) is 1. The molecule has 0 aromatic heterocycles. The molecule has 0 atom stereocenters. The van der Waals surface area contributed by atoms with Crippen molar-refractivity contribution in [3.63, 3.8) is 0 Å². The Morgan fingerprint density at radius 3 is 2.20 bits per heavy atom. The van der Waals surface area contributed by atoms with E-state index in [9.17, 15) is 13.2 Å². The molecule has 78 valence electrons. The zero-order valence-electron chi connectivity index (χ0n) is 7.26. The van der Waals surface area contributed by atoms with Gasteiger partial charge >= 0.3 is 35.5 Å². The number of carboxylic acids is 1. The second kappa shape index (κ2) is 5.09. The summed E-state index contributed by atoms with van der Waals surface area (Å²) < 4.78 is 30.1. The number of aromatic carboxylic acids is 1. The van der Waals surface area contributed by atoms with Crippen LogP contribution in [-0.2, 0) is 10.1 Å². The van der Waals surface area contributed by atoms with Gasteiger partial charge in [0.05, 0.1) is 10.5 Å². The standard InChI is InChI=1S/C8H8O5S.Na.H/c1-5-2-6(8(9)10)4-7(3-5)14(11,12)13;;/h2-4H,1H3,(H,9,10)(H,11,12,13);;. The van der Waals surface area contributed by atoms with Crippen LogP contribution >= 0.6 is 0 Å². The van der Waals surface area contributed by atoms with Crippen LogP contribution in [0.25, 0.3) is 0 Å². The predicted octanol–water partition coefficient (Wildman–Crippen LogP) is 0.291. The Labute approximate surface area is 109 Å². The molecule has 0 amide bonds. The third kappa shape index (κ3) is 3.92. The molecule has 0 unspecified atom stereocenters. The first kappa shape index (κ1) is 14.6. The normalized spacial score (nSPS) is 10.5. The molecule has 7 heteroatoms. The number of rotatable bonds is 2. The van der Waals surface area contributed by atoms with Crippen molar-refractivity contribution < 1.29 is 22.9 Å². The first-order chi connectivity index (χ1) is 6.30. The minimum atomic E-state index is -4.34. The van der Waals surface area contributed by atoms with Gasteiger partial charge in [-0.05, 0) is 30.7 Å². The number of hydrogen-bond donors (Lipinski definition) is 2. The van der Waals surface area contributed by atoms with Crippen molar-refractivity contribution in [1.29, 1.82) is 0 Å². The first-order valence-corrected chi connectivity index (χ1v) is 5.07. The Morgan fingerprint density at radius 1 is 1.27 bits per heavy atom. The third-order valence-electron chi connectivity index (χ3n) is 1.60. The summed E-state index contributed by atoms with van der Waals surface area (Å²) in [5.41, 5.74) is 0.287. The summed E-state index contributed by atoms with van der Waals surface area (Å²) in [6.07, 6.45) is 0. The van der Waals surface area contributed by atoms with Crippen molar-refractivity contribution in [2.24, 2.45) is 0 Å². The molecule has 0 aliphatic heterocycles. The second-order valence-electron chi connectivity index (χ2n) is 2.81. The van der Waals surface area contributed by atoms with Gasteiger partial charge in [-0.3, -0.25) is 4.55 Å². The molecule has 1 aromatic rings. The summed E-state index contributed by atoms with van der Waals surface area (Å²) in [7, 11) is -4.34. The molecule has 15 heavy (non-hydrogen) atoms. The van der Waals surface area contributed by atoms with Gasteiger partial charge in [-0.25, -0.2) is 4.79 Å². The van der Waals surface area contributed by atoms with Crippen molar-refractivity contribution in [1.82, 2.24) is 0 Å². The molecular weight excluding hydrogens is 231 g/mol. The third-order valence-corrected chi connectivity index (χ3v) is 2.43. The number of benzene rings is 1. The molecule has 1 rings (SSSR count). The average molecular weight is 240 g/mol. The molecule has 0 saturated heterocycles. The van der Waals surface area contributed by atoms with Gasteiger partial charge in [0.1, 0.15) is 0 Å². The molecule has 0 aliphatic rings. The molecule has 0 spiro atoms. The van der Waals surface area contributed by atoms with Crippen LogP contribution in [0.4, 0.5) is 0 Å². The maximum absolute atomic E-state index is 10.7. The summed E-state index contributed by atoms with van der Waals surface area (Å²) in [5.74, 6) is -1.24. The van der Waals surface area contributed by atoms with Crippen molar-refractivity contribution >= 4 is 45.6 Å². The SMILES string of the molecule is Cc1cc(C(=O)O)cc(S(=O)(=O)O)c1.[NaH]. The summed E-state index contributed by atoms with van der Waals surface area (Å²) in [6.45, 7) is 1.54. The first-order valence-electron chi connectivity index (χ1n) is 3.63. The Kier molecular flexibility index (Phi) is 4.95. The van der Waals surface area contributed by atoms with E-state index < -0.39 is 21.0 Å². The van der Waals surface area contributed by atoms with E-state index in [1.165, 1.54) is 12.1 Å². The Bertz CT molecular complexity index is 480. The molecule has 1 aromatic carbocycles. The van der Waals surface area contributed by atoms with E-state index >= 15 is 0 Å². The minimum absolute atomic E-state index is 0. The molecule has 0 aliphatic carbocycles. The molecular formula is C8H9NaO5S. The van der Waals surface area contributed by atoms with Gasteiger partial charge in [0.2, 0.25) is 0 Å². The van der Waals surface area contributed by atoms with E-state index in [0.717, 1.165) is 6.07 Å². The van der Waals surface area contributed by atoms with Crippen molar-refractivity contribution in [2.45, 2.75) is 11.8 Å². The zero-order valence-corrected chi connectivity index (χ0v) is 8.08. The van der Waals surface area contributed by atoms with Crippen LogP contribution in [-0.4, -0.2) is 53.6 Å². The van der Waals surface area contributed by atoms with Gasteiger partial charge in [-0.1, -0.05) is 0 Å². The summed E-state index contributed by atoms with van der Waals surface area (Å²) in [6, 6.07) is 3.42.